The molecule has 1 heterocycles. The number of aliphatic hydroxyl groups excluding tert-OH is 1. The van der Waals surface area contributed by atoms with Crippen molar-refractivity contribution < 1.29 is 81.4 Å². The number of amides is 9. The molecule has 0 aromatic heterocycles. The SMILES string of the molecule is CC[C@H](C)[C@@H]([C@@H](CC(=O)N1CCC[C@@H]1[C@@H](OC)[C@H](C)C(=O)N[C@@H](C)[C@H](O)c1ccccc1)OC)N(C)C(=O)C(NC(=O)[C@H](C(C)C)N(C)C(=O)OCc1ccc(NC(=O)C(CCCN)NC(=O)[C@@H](NC(=O)CCOCCOCCOCCNC(=O)OCC2C3CCCCCCC32)C(C)C)cc1)C(C)C. The number of benzene rings is 2. The van der Waals surface area contributed by atoms with Gasteiger partial charge in [-0.3, -0.25) is 38.5 Å². The zero-order chi connectivity index (χ0) is 76.6. The number of ether oxygens (including phenoxy) is 7. The van der Waals surface area contributed by atoms with Gasteiger partial charge in [0, 0.05) is 53.5 Å². The summed E-state index contributed by atoms with van der Waals surface area (Å²) in [6, 6.07) is 9.90. The van der Waals surface area contributed by atoms with Gasteiger partial charge in [-0.2, -0.15) is 0 Å². The van der Waals surface area contributed by atoms with Crippen molar-refractivity contribution in [2.75, 3.05) is 99.5 Å². The molecule has 9 amide bonds. The Balaban J connectivity index is 1.05. The van der Waals surface area contributed by atoms with E-state index in [0.29, 0.717) is 99.8 Å². The van der Waals surface area contributed by atoms with Crippen LogP contribution in [0.15, 0.2) is 54.6 Å². The molecule has 4 unspecified atom stereocenters. The molecular weight excluding hydrogens is 1340 g/mol. The number of alkyl carbamates (subject to hydrolysis) is 1. The topological polar surface area (TPSA) is 346 Å². The van der Waals surface area contributed by atoms with Gasteiger partial charge in [-0.15, -0.1) is 0 Å². The van der Waals surface area contributed by atoms with Crippen molar-refractivity contribution in [3.05, 3.63) is 65.7 Å². The lowest BCUT2D eigenvalue weighted by atomic mass is 9.89. The number of fused-ring (bicyclic) bond motifs is 1. The van der Waals surface area contributed by atoms with Crippen molar-refractivity contribution in [1.82, 2.24) is 41.3 Å². The fourth-order valence-electron chi connectivity index (χ4n) is 14.4. The van der Waals surface area contributed by atoms with Gasteiger partial charge in [0.15, 0.2) is 0 Å². The second-order valence-electron chi connectivity index (χ2n) is 29.4. The molecule has 5 rings (SSSR count). The minimum Gasteiger partial charge on any atom is -0.449 e. The number of nitrogens with two attached hydrogens (primary N) is 1. The van der Waals surface area contributed by atoms with E-state index >= 15 is 0 Å². The molecule has 0 spiro atoms. The zero-order valence-corrected chi connectivity index (χ0v) is 64.5. The van der Waals surface area contributed by atoms with Gasteiger partial charge in [0.05, 0.1) is 95.0 Å². The Hall–Kier alpha value is -7.01. The van der Waals surface area contributed by atoms with Crippen LogP contribution >= 0.6 is 0 Å². The number of methoxy groups -OCH3 is 2. The third-order valence-electron chi connectivity index (χ3n) is 20.7. The van der Waals surface area contributed by atoms with Crippen LogP contribution in [-0.2, 0) is 73.3 Å². The second-order valence-corrected chi connectivity index (χ2v) is 29.4. The van der Waals surface area contributed by atoms with Crippen LogP contribution in [-0.4, -0.2) is 222 Å². The number of likely N-dealkylation sites (N-methyl/N-ethyl adjacent to an activating group) is 2. The molecule has 9 N–H and O–H groups in total. The smallest absolute Gasteiger partial charge is 0.410 e. The first-order chi connectivity index (χ1) is 49.7. The second kappa shape index (κ2) is 45.5. The molecule has 2 saturated carbocycles. The van der Waals surface area contributed by atoms with Crippen LogP contribution in [0.2, 0.25) is 0 Å². The van der Waals surface area contributed by atoms with E-state index in [9.17, 15) is 48.3 Å². The minimum atomic E-state index is -1.07. The van der Waals surface area contributed by atoms with E-state index in [4.69, 9.17) is 38.9 Å². The number of hydrogen-bond donors (Lipinski definition) is 8. The van der Waals surface area contributed by atoms with Gasteiger partial charge in [0.2, 0.25) is 41.4 Å². The molecule has 3 aliphatic rings. The van der Waals surface area contributed by atoms with E-state index in [2.05, 4.69) is 31.9 Å². The predicted octanol–water partition coefficient (Wildman–Crippen LogP) is 7.26. The van der Waals surface area contributed by atoms with Crippen molar-refractivity contribution in [3.8, 4) is 0 Å². The van der Waals surface area contributed by atoms with Crippen LogP contribution in [0, 0.1) is 47.3 Å². The van der Waals surface area contributed by atoms with E-state index in [1.165, 1.54) is 64.7 Å². The summed E-state index contributed by atoms with van der Waals surface area (Å²) in [5.41, 5.74) is 7.46. The van der Waals surface area contributed by atoms with Crippen LogP contribution in [0.1, 0.15) is 170 Å². The summed E-state index contributed by atoms with van der Waals surface area (Å²) in [4.78, 5) is 128. The summed E-state index contributed by atoms with van der Waals surface area (Å²) in [6.45, 7) is 21.1. The quantitative estimate of drug-likeness (QED) is 0.0302. The molecule has 586 valence electrons. The van der Waals surface area contributed by atoms with Crippen molar-refractivity contribution >= 4 is 59.2 Å². The monoisotopic (exact) mass is 1460 g/mol. The lowest BCUT2D eigenvalue weighted by Gasteiger charge is -2.41. The van der Waals surface area contributed by atoms with Gasteiger partial charge in [-0.25, -0.2) is 9.59 Å². The van der Waals surface area contributed by atoms with Gasteiger partial charge in [-0.05, 0) is 117 Å². The molecule has 0 bridgehead atoms. The van der Waals surface area contributed by atoms with Crippen LogP contribution in [0.25, 0.3) is 0 Å². The Labute approximate surface area is 617 Å². The van der Waals surface area contributed by atoms with Crippen molar-refractivity contribution in [2.24, 2.45) is 53.1 Å². The number of nitrogens with zero attached hydrogens (tertiary/aromatic N) is 3. The Kier molecular flexibility index (Phi) is 38.3. The molecule has 2 aliphatic carbocycles. The highest BCUT2D eigenvalue weighted by Gasteiger charge is 2.50. The lowest BCUT2D eigenvalue weighted by molar-refractivity contribution is -0.148. The van der Waals surface area contributed by atoms with Gasteiger partial charge < -0.3 is 85.7 Å². The summed E-state index contributed by atoms with van der Waals surface area (Å²) in [5, 5.41) is 28.0. The van der Waals surface area contributed by atoms with Crippen LogP contribution in [0.3, 0.4) is 0 Å². The van der Waals surface area contributed by atoms with E-state index in [0.717, 1.165) is 0 Å². The van der Waals surface area contributed by atoms with Gasteiger partial charge in [0.1, 0.15) is 30.8 Å². The molecule has 2 aromatic rings. The average molecular weight is 1460 g/mol. The Morgan fingerprint density at radius 1 is 0.654 bits per heavy atom. The van der Waals surface area contributed by atoms with Crippen LogP contribution in [0.4, 0.5) is 15.3 Å². The van der Waals surface area contributed by atoms with Crippen molar-refractivity contribution in [3.63, 3.8) is 0 Å². The highest BCUT2D eigenvalue weighted by atomic mass is 16.6. The maximum absolute atomic E-state index is 14.8. The minimum absolute atomic E-state index is 0.0167. The Bertz CT molecular complexity index is 2950. The summed E-state index contributed by atoms with van der Waals surface area (Å²) in [5.74, 6) is -3.08. The number of carbonyl (C=O) groups excluding carboxylic acids is 9. The highest BCUT2D eigenvalue weighted by Crippen LogP contribution is 2.53. The first kappa shape index (κ1) is 87.6. The van der Waals surface area contributed by atoms with Crippen LogP contribution in [0.5, 0.6) is 0 Å². The number of rotatable bonds is 45. The lowest BCUT2D eigenvalue weighted by Crippen LogP contribution is -2.60. The maximum Gasteiger partial charge on any atom is 0.410 e. The fraction of sp³-hybridized carbons (Fsp3) is 0.727. The summed E-state index contributed by atoms with van der Waals surface area (Å²) in [6.07, 6.45) is 6.52. The van der Waals surface area contributed by atoms with Gasteiger partial charge in [0.25, 0.3) is 0 Å². The van der Waals surface area contributed by atoms with Crippen molar-refractivity contribution in [1.29, 1.82) is 0 Å². The molecule has 2 aromatic carbocycles. The summed E-state index contributed by atoms with van der Waals surface area (Å²) < 4.78 is 40.0. The van der Waals surface area contributed by atoms with Gasteiger partial charge >= 0.3 is 12.2 Å². The highest BCUT2D eigenvalue weighted by molar-refractivity contribution is 5.98. The molecule has 1 aliphatic heterocycles. The van der Waals surface area contributed by atoms with E-state index < -0.39 is 120 Å². The maximum atomic E-state index is 14.8. The third-order valence-corrected chi connectivity index (χ3v) is 20.7. The number of hydrogen-bond acceptors (Lipinski definition) is 18. The van der Waals surface area contributed by atoms with E-state index in [-0.39, 0.29) is 75.9 Å². The number of aliphatic hydroxyl groups is 1. The number of likely N-dealkylation sites (tertiary alicyclic amines) is 1. The molecule has 0 radical (unpaired) electrons. The molecule has 3 fully saturated rings. The number of carbonyl (C=O) groups is 9. The normalized spacial score (nSPS) is 19.7. The molecule has 104 heavy (non-hydrogen) atoms. The predicted molar refractivity (Wildman–Crippen MR) is 395 cm³/mol. The first-order valence-electron chi connectivity index (χ1n) is 37.9. The largest absolute Gasteiger partial charge is 0.449 e. The summed E-state index contributed by atoms with van der Waals surface area (Å²) >= 11 is 0. The average Bonchev–Trinajstić information content (AvgIpc) is 1.61. The number of anilines is 1. The third kappa shape index (κ3) is 27.4. The first-order valence-corrected chi connectivity index (χ1v) is 37.9. The zero-order valence-electron chi connectivity index (χ0n) is 64.5. The summed E-state index contributed by atoms with van der Waals surface area (Å²) in [7, 11) is 6.13. The fourth-order valence-corrected chi connectivity index (χ4v) is 14.4. The molecule has 27 nitrogen and oxygen atoms in total. The van der Waals surface area contributed by atoms with Crippen LogP contribution < -0.4 is 37.6 Å². The molecule has 14 atom stereocenters. The number of nitrogens with one attached hydrogen (secondary N) is 6. The Morgan fingerprint density at radius 3 is 1.87 bits per heavy atom. The molecule has 1 saturated heterocycles. The van der Waals surface area contributed by atoms with E-state index in [1.54, 1.807) is 94.8 Å². The molecule has 27 heteroatoms. The van der Waals surface area contributed by atoms with E-state index in [1.807, 2.05) is 45.9 Å². The van der Waals surface area contributed by atoms with Gasteiger partial charge in [-0.1, -0.05) is 137 Å². The van der Waals surface area contributed by atoms with Crippen molar-refractivity contribution in [2.45, 2.75) is 220 Å². The Morgan fingerprint density at radius 2 is 1.28 bits per heavy atom. The standard InChI is InChI=1S/C77H126N10O17/c1-15-51(8)68(62(98-13)45-64(89)87-38-24-30-61(87)70(99-14)52(9)71(91)80-53(10)69(90)55-25-19-18-20-26-55)85(11)75(95)66(49(4)5)84-74(94)67(50(6)7)86(12)77(97)104-46-54-31-33-56(34-32-54)81-72(92)60(29-23-36-78)82-73(93)65(48(2)3)83-63(88)35-39-100-41-43-102-44-42-101-40-37-79-76(96)103-47-59-57-27-21-16-17-22-28-58(57)59/h18-20,25-26,31-34,48-53,57-62,65-70,90H,15-17,21-24,27-30,35-47,78H2,1-14H3,(H,79,96)(H,80,91)(H,81,92)(H,82,93)(H,83,88)(H,84,94)/t51-,52-,53-,57?,58?,59?,60?,61+,62+,65-,66?,67-,68-,69-,70-/m0/s1. The molecular formula is C77H126N10O17.